The zero-order chi connectivity index (χ0) is 27.6. The van der Waals surface area contributed by atoms with Crippen LogP contribution in [0.25, 0.3) is 0 Å². The predicted octanol–water partition coefficient (Wildman–Crippen LogP) is 5.10. The van der Waals surface area contributed by atoms with Gasteiger partial charge in [-0.15, -0.1) is 0 Å². The van der Waals surface area contributed by atoms with Crippen LogP contribution in [0.4, 0.5) is 4.79 Å². The van der Waals surface area contributed by atoms with Gasteiger partial charge in [0.2, 0.25) is 5.78 Å². The third-order valence-electron chi connectivity index (χ3n) is 10.2. The molecule has 8 nitrogen and oxygen atoms in total. The highest BCUT2D eigenvalue weighted by atomic mass is 16.8. The Kier molecular flexibility index (Phi) is 8.82. The molecule has 0 aliphatic heterocycles. The van der Waals surface area contributed by atoms with E-state index in [4.69, 9.17) is 14.2 Å². The minimum atomic E-state index is -1.74. The largest absolute Gasteiger partial charge is 0.510 e. The van der Waals surface area contributed by atoms with Crippen molar-refractivity contribution in [3.05, 3.63) is 11.6 Å². The first kappa shape index (κ1) is 28.9. The quantitative estimate of drug-likeness (QED) is 0.222. The van der Waals surface area contributed by atoms with E-state index in [9.17, 15) is 24.3 Å². The number of fused-ring (bicyclic) bond motifs is 5. The number of hydrogen-bond acceptors (Lipinski definition) is 8. The first-order chi connectivity index (χ1) is 18.1. The van der Waals surface area contributed by atoms with Crippen molar-refractivity contribution in [1.29, 1.82) is 0 Å². The van der Waals surface area contributed by atoms with Crippen LogP contribution in [-0.4, -0.2) is 54.2 Å². The van der Waals surface area contributed by atoms with Crippen molar-refractivity contribution in [2.24, 2.45) is 28.6 Å². The number of rotatable bonds is 11. The van der Waals surface area contributed by atoms with Crippen LogP contribution in [0.2, 0.25) is 0 Å². The van der Waals surface area contributed by atoms with Crippen LogP contribution in [0.3, 0.4) is 0 Å². The second-order valence-corrected chi connectivity index (χ2v) is 12.3. The van der Waals surface area contributed by atoms with E-state index in [1.54, 1.807) is 6.08 Å². The molecule has 0 heterocycles. The lowest BCUT2D eigenvalue weighted by atomic mass is 9.46. The van der Waals surface area contributed by atoms with Gasteiger partial charge in [0, 0.05) is 24.2 Å². The number of allylic oxidation sites excluding steroid dienone is 1. The maximum atomic E-state index is 13.7. The summed E-state index contributed by atoms with van der Waals surface area (Å²) in [6.45, 7) is 5.75. The first-order valence-corrected chi connectivity index (χ1v) is 14.5. The molecule has 4 aliphatic rings. The molecular weight excluding hydrogens is 488 g/mol. The molecule has 212 valence electrons. The fraction of sp³-hybridized carbons (Fsp3) is 0.800. The number of ketones is 3. The molecule has 4 rings (SSSR count). The van der Waals surface area contributed by atoms with Gasteiger partial charge < -0.3 is 19.3 Å². The molecule has 0 saturated heterocycles. The number of carbonyl (C=O) groups is 4. The molecule has 3 fully saturated rings. The normalized spacial score (nSPS) is 36.1. The maximum absolute atomic E-state index is 13.7. The Morgan fingerprint density at radius 3 is 2.55 bits per heavy atom. The highest BCUT2D eigenvalue weighted by molar-refractivity contribution is 5.95. The summed E-state index contributed by atoms with van der Waals surface area (Å²) in [6, 6.07) is 0. The number of carbonyl (C=O) groups excluding carboxylic acids is 4. The maximum Gasteiger partial charge on any atom is 0.510 e. The molecule has 0 radical (unpaired) electrons. The van der Waals surface area contributed by atoms with Gasteiger partial charge in [0.05, 0.1) is 6.61 Å². The van der Waals surface area contributed by atoms with Crippen LogP contribution in [0.5, 0.6) is 0 Å². The summed E-state index contributed by atoms with van der Waals surface area (Å²) >= 11 is 0. The van der Waals surface area contributed by atoms with Gasteiger partial charge in [-0.3, -0.25) is 14.4 Å². The lowest BCUT2D eigenvalue weighted by Crippen LogP contribution is -2.61. The molecular formula is C30H44O8. The minimum absolute atomic E-state index is 0.00725. The van der Waals surface area contributed by atoms with E-state index < -0.39 is 29.6 Å². The minimum Gasteiger partial charge on any atom is -0.426 e. The molecule has 0 aromatic heterocycles. The second kappa shape index (κ2) is 11.6. The Morgan fingerprint density at radius 1 is 1.03 bits per heavy atom. The standard InChI is InChI=1S/C30H44O8/c1-4-5-6-7-8-15-36-19-38-27(34)37-18-25(33)30(35)14-12-23-22-10-9-20-16-21(31)11-13-28(20,2)26(22)24(32)17-29(23,30)3/h16,22-23,26,35H,4-15,17-19H2,1-3H3/t22-,23-,26+,28-,29-,30-/m0/s1. The van der Waals surface area contributed by atoms with Gasteiger partial charge in [0.25, 0.3) is 0 Å². The van der Waals surface area contributed by atoms with E-state index in [1.165, 1.54) is 12.8 Å². The molecule has 0 aromatic rings. The van der Waals surface area contributed by atoms with E-state index >= 15 is 0 Å². The Bertz CT molecular complexity index is 971. The summed E-state index contributed by atoms with van der Waals surface area (Å²) in [4.78, 5) is 51.0. The van der Waals surface area contributed by atoms with Crippen LogP contribution < -0.4 is 0 Å². The SMILES string of the molecule is CCCCCCCOCOC(=O)OCC(=O)[C@@]1(O)CC[C@H]2[C@@H]3CCC4=CC(=O)CC[C@]4(C)[C@H]3C(=O)C[C@@]21C. The van der Waals surface area contributed by atoms with E-state index in [2.05, 4.69) is 13.8 Å². The van der Waals surface area contributed by atoms with E-state index in [0.29, 0.717) is 25.9 Å². The van der Waals surface area contributed by atoms with Crippen molar-refractivity contribution in [2.45, 2.75) is 103 Å². The Balaban J connectivity index is 1.33. The van der Waals surface area contributed by atoms with Crippen molar-refractivity contribution < 1.29 is 38.5 Å². The van der Waals surface area contributed by atoms with Crippen molar-refractivity contribution in [2.75, 3.05) is 20.0 Å². The van der Waals surface area contributed by atoms with E-state index in [0.717, 1.165) is 37.7 Å². The summed E-state index contributed by atoms with van der Waals surface area (Å²) < 4.78 is 15.2. The topological polar surface area (TPSA) is 116 Å². The molecule has 6 atom stereocenters. The lowest BCUT2D eigenvalue weighted by Gasteiger charge is -2.57. The first-order valence-electron chi connectivity index (χ1n) is 14.5. The lowest BCUT2D eigenvalue weighted by molar-refractivity contribution is -0.171. The van der Waals surface area contributed by atoms with E-state index in [1.807, 2.05) is 6.92 Å². The molecule has 4 aliphatic carbocycles. The van der Waals surface area contributed by atoms with Gasteiger partial charge >= 0.3 is 6.16 Å². The molecule has 0 amide bonds. The second-order valence-electron chi connectivity index (χ2n) is 12.3. The molecule has 38 heavy (non-hydrogen) atoms. The fourth-order valence-electron chi connectivity index (χ4n) is 8.09. The molecule has 0 bridgehead atoms. The molecule has 0 unspecified atom stereocenters. The Labute approximate surface area is 225 Å². The molecule has 0 aromatic carbocycles. The summed E-state index contributed by atoms with van der Waals surface area (Å²) in [7, 11) is 0. The summed E-state index contributed by atoms with van der Waals surface area (Å²) in [5, 5.41) is 11.7. The average molecular weight is 533 g/mol. The number of aliphatic hydroxyl groups is 1. The van der Waals surface area contributed by atoms with Crippen molar-refractivity contribution in [3.63, 3.8) is 0 Å². The number of hydrogen-bond donors (Lipinski definition) is 1. The van der Waals surface area contributed by atoms with Gasteiger partial charge in [-0.2, -0.15) is 0 Å². The van der Waals surface area contributed by atoms with Crippen molar-refractivity contribution in [3.8, 4) is 0 Å². The van der Waals surface area contributed by atoms with Crippen LogP contribution in [0.1, 0.15) is 97.8 Å². The summed E-state index contributed by atoms with van der Waals surface area (Å²) in [6.07, 6.45) is 9.86. The van der Waals surface area contributed by atoms with Crippen molar-refractivity contribution in [1.82, 2.24) is 0 Å². The third-order valence-corrected chi connectivity index (χ3v) is 10.2. The number of Topliss-reactive ketones (excluding diaryl/α,β-unsaturated/α-hetero) is 2. The van der Waals surface area contributed by atoms with Gasteiger partial charge in [-0.1, -0.05) is 52.0 Å². The summed E-state index contributed by atoms with van der Waals surface area (Å²) in [5.41, 5.74) is -1.90. The fourth-order valence-corrected chi connectivity index (χ4v) is 8.09. The van der Waals surface area contributed by atoms with Crippen LogP contribution in [0, 0.1) is 28.6 Å². The van der Waals surface area contributed by atoms with Crippen LogP contribution in [0.15, 0.2) is 11.6 Å². The highest BCUT2D eigenvalue weighted by Crippen LogP contribution is 2.66. The van der Waals surface area contributed by atoms with Crippen molar-refractivity contribution >= 4 is 23.5 Å². The van der Waals surface area contributed by atoms with Gasteiger partial charge in [-0.05, 0) is 61.9 Å². The average Bonchev–Trinajstić information content (AvgIpc) is 3.15. The van der Waals surface area contributed by atoms with Gasteiger partial charge in [0.1, 0.15) is 11.4 Å². The monoisotopic (exact) mass is 532 g/mol. The molecule has 3 saturated carbocycles. The number of ether oxygens (including phenoxy) is 3. The smallest absolute Gasteiger partial charge is 0.426 e. The zero-order valence-electron chi connectivity index (χ0n) is 23.2. The molecule has 8 heteroatoms. The Hall–Kier alpha value is -2.06. The molecule has 0 spiro atoms. The number of unbranched alkanes of at least 4 members (excludes halogenated alkanes) is 4. The Morgan fingerprint density at radius 2 is 1.79 bits per heavy atom. The van der Waals surface area contributed by atoms with Gasteiger partial charge in [0.15, 0.2) is 19.2 Å². The molecule has 1 N–H and O–H groups in total. The zero-order valence-corrected chi connectivity index (χ0v) is 23.2. The predicted molar refractivity (Wildman–Crippen MR) is 139 cm³/mol. The third kappa shape index (κ3) is 5.23. The van der Waals surface area contributed by atoms with Gasteiger partial charge in [-0.25, -0.2) is 4.79 Å². The van der Waals surface area contributed by atoms with Crippen LogP contribution >= 0.6 is 0 Å². The summed E-state index contributed by atoms with van der Waals surface area (Å²) in [5.74, 6) is -0.512. The van der Waals surface area contributed by atoms with E-state index in [-0.39, 0.29) is 54.4 Å². The highest BCUT2D eigenvalue weighted by Gasteiger charge is 2.68. The van der Waals surface area contributed by atoms with Crippen LogP contribution in [-0.2, 0) is 28.6 Å².